The Bertz CT molecular complexity index is 445. The van der Waals surface area contributed by atoms with Crippen LogP contribution in [0.2, 0.25) is 0 Å². The van der Waals surface area contributed by atoms with Crippen molar-refractivity contribution >= 4 is 11.6 Å². The van der Waals surface area contributed by atoms with E-state index in [4.69, 9.17) is 4.74 Å². The van der Waals surface area contributed by atoms with Gasteiger partial charge in [-0.05, 0) is 11.6 Å². The number of fused-ring (bicyclic) bond motifs is 3. The standard InChI is InChI=1S/C12H14N2O2/c1-16-10-4-2-3-7-8-5-13-6-9(8)12(15)14-11(7)10/h2-4,8-9,13H,5-6H2,1H3,(H,14,15)/t8-,9-/m1/s1. The zero-order valence-corrected chi connectivity index (χ0v) is 9.12. The van der Waals surface area contributed by atoms with Crippen LogP contribution in [0.1, 0.15) is 11.5 Å². The fraction of sp³-hybridized carbons (Fsp3) is 0.417. The molecule has 2 aliphatic heterocycles. The Morgan fingerprint density at radius 2 is 2.12 bits per heavy atom. The quantitative estimate of drug-likeness (QED) is 0.738. The number of rotatable bonds is 1. The maximum atomic E-state index is 11.9. The first-order chi connectivity index (χ1) is 7.81. The summed E-state index contributed by atoms with van der Waals surface area (Å²) in [6.45, 7) is 1.64. The van der Waals surface area contributed by atoms with Crippen molar-refractivity contribution in [3.8, 4) is 5.75 Å². The molecule has 0 unspecified atom stereocenters. The summed E-state index contributed by atoms with van der Waals surface area (Å²) in [4.78, 5) is 11.9. The lowest BCUT2D eigenvalue weighted by atomic mass is 9.84. The van der Waals surface area contributed by atoms with E-state index >= 15 is 0 Å². The molecule has 1 aromatic rings. The molecule has 0 aromatic heterocycles. The average Bonchev–Trinajstić information content (AvgIpc) is 2.78. The van der Waals surface area contributed by atoms with E-state index in [2.05, 4.69) is 16.7 Å². The molecule has 2 heterocycles. The first kappa shape index (κ1) is 9.66. The highest BCUT2D eigenvalue weighted by Crippen LogP contribution is 2.42. The van der Waals surface area contributed by atoms with Gasteiger partial charge in [-0.25, -0.2) is 0 Å². The normalized spacial score (nSPS) is 26.9. The maximum absolute atomic E-state index is 11.9. The number of methoxy groups -OCH3 is 1. The first-order valence-electron chi connectivity index (χ1n) is 5.49. The van der Waals surface area contributed by atoms with Gasteiger partial charge in [0.15, 0.2) is 0 Å². The molecule has 0 radical (unpaired) electrons. The number of carbonyl (C=O) groups excluding carboxylic acids is 1. The lowest BCUT2D eigenvalue weighted by Gasteiger charge is -2.28. The Balaban J connectivity index is 2.13. The van der Waals surface area contributed by atoms with Crippen molar-refractivity contribution in [3.05, 3.63) is 23.8 Å². The summed E-state index contributed by atoms with van der Waals surface area (Å²) in [5, 5.41) is 6.22. The van der Waals surface area contributed by atoms with E-state index in [9.17, 15) is 4.79 Å². The second-order valence-electron chi connectivity index (χ2n) is 4.28. The summed E-state index contributed by atoms with van der Waals surface area (Å²) in [6.07, 6.45) is 0. The zero-order valence-electron chi connectivity index (χ0n) is 9.12. The highest BCUT2D eigenvalue weighted by Gasteiger charge is 2.39. The van der Waals surface area contributed by atoms with E-state index in [0.29, 0.717) is 5.92 Å². The molecule has 84 valence electrons. The second-order valence-corrected chi connectivity index (χ2v) is 4.28. The van der Waals surface area contributed by atoms with Crippen molar-refractivity contribution < 1.29 is 9.53 Å². The van der Waals surface area contributed by atoms with E-state index < -0.39 is 0 Å². The van der Waals surface area contributed by atoms with Crippen LogP contribution < -0.4 is 15.4 Å². The van der Waals surface area contributed by atoms with Gasteiger partial charge in [0.1, 0.15) is 5.75 Å². The number of ether oxygens (including phenoxy) is 1. The van der Waals surface area contributed by atoms with Crippen LogP contribution >= 0.6 is 0 Å². The van der Waals surface area contributed by atoms with Crippen LogP contribution in [-0.2, 0) is 4.79 Å². The minimum atomic E-state index is 0.0691. The monoisotopic (exact) mass is 218 g/mol. The molecule has 2 atom stereocenters. The molecule has 4 heteroatoms. The van der Waals surface area contributed by atoms with Gasteiger partial charge in [0, 0.05) is 19.0 Å². The molecule has 1 aromatic carbocycles. The molecule has 1 saturated heterocycles. The molecular weight excluding hydrogens is 204 g/mol. The smallest absolute Gasteiger partial charge is 0.229 e. The summed E-state index contributed by atoms with van der Waals surface area (Å²) >= 11 is 0. The summed E-state index contributed by atoms with van der Waals surface area (Å²) < 4.78 is 5.27. The van der Waals surface area contributed by atoms with Crippen molar-refractivity contribution in [2.24, 2.45) is 5.92 Å². The van der Waals surface area contributed by atoms with E-state index in [1.807, 2.05) is 12.1 Å². The van der Waals surface area contributed by atoms with Gasteiger partial charge in [0.2, 0.25) is 5.91 Å². The first-order valence-corrected chi connectivity index (χ1v) is 5.49. The molecule has 1 fully saturated rings. The number of hydrogen-bond acceptors (Lipinski definition) is 3. The van der Waals surface area contributed by atoms with Crippen LogP contribution in [0.4, 0.5) is 5.69 Å². The molecule has 0 aliphatic carbocycles. The Morgan fingerprint density at radius 1 is 1.31 bits per heavy atom. The fourth-order valence-corrected chi connectivity index (χ4v) is 2.66. The molecule has 2 aliphatic rings. The average molecular weight is 218 g/mol. The third kappa shape index (κ3) is 1.23. The maximum Gasteiger partial charge on any atom is 0.229 e. The topological polar surface area (TPSA) is 50.4 Å². The van der Waals surface area contributed by atoms with Gasteiger partial charge >= 0.3 is 0 Å². The Morgan fingerprint density at radius 3 is 2.94 bits per heavy atom. The summed E-state index contributed by atoms with van der Waals surface area (Å²) in [6, 6.07) is 5.92. The highest BCUT2D eigenvalue weighted by atomic mass is 16.5. The third-order valence-electron chi connectivity index (χ3n) is 3.48. The number of nitrogens with one attached hydrogen (secondary N) is 2. The summed E-state index contributed by atoms with van der Waals surface area (Å²) in [5.74, 6) is 1.21. The molecule has 4 nitrogen and oxygen atoms in total. The molecule has 0 spiro atoms. The van der Waals surface area contributed by atoms with Crippen molar-refractivity contribution in [1.29, 1.82) is 0 Å². The number of para-hydroxylation sites is 1. The summed E-state index contributed by atoms with van der Waals surface area (Å²) in [5.41, 5.74) is 2.04. The molecule has 0 saturated carbocycles. The van der Waals surface area contributed by atoms with Crippen LogP contribution in [-0.4, -0.2) is 26.1 Å². The molecule has 1 amide bonds. The van der Waals surface area contributed by atoms with Crippen LogP contribution in [0.15, 0.2) is 18.2 Å². The fourth-order valence-electron chi connectivity index (χ4n) is 2.66. The number of amides is 1. The van der Waals surface area contributed by atoms with Gasteiger partial charge in [-0.2, -0.15) is 0 Å². The zero-order chi connectivity index (χ0) is 11.1. The van der Waals surface area contributed by atoms with E-state index in [1.165, 1.54) is 5.56 Å². The molecular formula is C12H14N2O2. The lowest BCUT2D eigenvalue weighted by Crippen LogP contribution is -2.33. The predicted octanol–water partition coefficient (Wildman–Crippen LogP) is 0.950. The van der Waals surface area contributed by atoms with Gasteiger partial charge in [0.05, 0.1) is 18.7 Å². The van der Waals surface area contributed by atoms with Crippen LogP contribution in [0.3, 0.4) is 0 Å². The number of benzene rings is 1. The number of hydrogen-bond donors (Lipinski definition) is 2. The van der Waals surface area contributed by atoms with Gasteiger partial charge in [-0.3, -0.25) is 4.79 Å². The Kier molecular flexibility index (Phi) is 2.11. The Labute approximate surface area is 94.0 Å². The lowest BCUT2D eigenvalue weighted by molar-refractivity contribution is -0.120. The van der Waals surface area contributed by atoms with E-state index in [-0.39, 0.29) is 11.8 Å². The van der Waals surface area contributed by atoms with Crippen molar-refractivity contribution in [2.75, 3.05) is 25.5 Å². The summed E-state index contributed by atoms with van der Waals surface area (Å²) in [7, 11) is 1.63. The largest absolute Gasteiger partial charge is 0.495 e. The number of carbonyl (C=O) groups is 1. The van der Waals surface area contributed by atoms with Gasteiger partial charge in [0.25, 0.3) is 0 Å². The van der Waals surface area contributed by atoms with Crippen molar-refractivity contribution in [1.82, 2.24) is 5.32 Å². The van der Waals surface area contributed by atoms with Crippen LogP contribution in [0, 0.1) is 5.92 Å². The van der Waals surface area contributed by atoms with Crippen molar-refractivity contribution in [2.45, 2.75) is 5.92 Å². The molecule has 0 bridgehead atoms. The number of anilines is 1. The van der Waals surface area contributed by atoms with Crippen molar-refractivity contribution in [3.63, 3.8) is 0 Å². The molecule has 3 rings (SSSR count). The minimum absolute atomic E-state index is 0.0691. The van der Waals surface area contributed by atoms with Gasteiger partial charge in [-0.1, -0.05) is 12.1 Å². The molecule has 16 heavy (non-hydrogen) atoms. The Hall–Kier alpha value is -1.55. The van der Waals surface area contributed by atoms with Gasteiger partial charge in [-0.15, -0.1) is 0 Å². The van der Waals surface area contributed by atoms with E-state index in [0.717, 1.165) is 24.5 Å². The third-order valence-corrected chi connectivity index (χ3v) is 3.48. The van der Waals surface area contributed by atoms with Gasteiger partial charge < -0.3 is 15.4 Å². The highest BCUT2D eigenvalue weighted by molar-refractivity contribution is 5.98. The van der Waals surface area contributed by atoms with Crippen LogP contribution in [0.25, 0.3) is 0 Å². The van der Waals surface area contributed by atoms with E-state index in [1.54, 1.807) is 7.11 Å². The minimum Gasteiger partial charge on any atom is -0.495 e. The SMILES string of the molecule is COc1cccc2c1NC(=O)[C@@H]1CNC[C@H]21. The van der Waals surface area contributed by atoms with Crippen LogP contribution in [0.5, 0.6) is 5.75 Å². The second kappa shape index (κ2) is 3.49. The predicted molar refractivity (Wildman–Crippen MR) is 60.7 cm³/mol. The molecule has 2 N–H and O–H groups in total.